The number of methoxy groups -OCH3 is 1. The highest BCUT2D eigenvalue weighted by molar-refractivity contribution is 5.85. The average molecular weight is 705 g/mol. The average Bonchev–Trinajstić information content (AvgIpc) is 3.42. The van der Waals surface area contributed by atoms with E-state index in [0.29, 0.717) is 5.56 Å². The van der Waals surface area contributed by atoms with Gasteiger partial charge in [-0.05, 0) is 42.0 Å². The van der Waals surface area contributed by atoms with Gasteiger partial charge >= 0.3 is 23.9 Å². The first-order chi connectivity index (χ1) is 23.9. The van der Waals surface area contributed by atoms with Crippen molar-refractivity contribution in [1.29, 1.82) is 0 Å². The van der Waals surface area contributed by atoms with Crippen LogP contribution in [0.5, 0.6) is 11.5 Å². The Balaban J connectivity index is 1.16. The molecule has 3 N–H and O–H groups in total. The molecule has 7 aliphatic rings. The molecule has 51 heavy (non-hydrogen) atoms. The highest BCUT2D eigenvalue weighted by atomic mass is 16.6. The molecule has 7 fully saturated rings. The second-order valence-electron chi connectivity index (χ2n) is 16.5. The normalized spacial score (nSPS) is 42.7. The number of rotatable bonds is 9. The van der Waals surface area contributed by atoms with Crippen LogP contribution in [0.25, 0.3) is 0 Å². The molecule has 12 atom stereocenters. The zero-order chi connectivity index (χ0) is 36.7. The lowest BCUT2D eigenvalue weighted by Crippen LogP contribution is -2.85. The van der Waals surface area contributed by atoms with Crippen LogP contribution in [0.2, 0.25) is 0 Å². The summed E-state index contributed by atoms with van der Waals surface area (Å²) in [6.45, 7) is 8.50. The largest absolute Gasteiger partial charge is 0.504 e. The first-order valence-corrected chi connectivity index (χ1v) is 17.6. The van der Waals surface area contributed by atoms with Gasteiger partial charge in [0, 0.05) is 42.4 Å². The van der Waals surface area contributed by atoms with Crippen molar-refractivity contribution in [3.63, 3.8) is 0 Å². The summed E-state index contributed by atoms with van der Waals surface area (Å²) in [5.74, 6) is -6.27. The molecule has 5 saturated carbocycles. The standard InChI is InChI=1S/C39H44O12/c1-19-32(49-26(43)15-21-10-8-7-9-11-21)39(50-20(2)40)30(34(39,3)4)29-27-28-31(38(19,29)46)37(45)17-36(27,35(28,5)51-33(37)44)18-48-25(42)16-22-12-13-23(41)24(14-22)47-6/h7-14,19,27-32,41,45-46H,15-18H2,1-6H3/t19-,27-,28+,29+,30-,31-,32-,35+,36-,37+,38-,39-/m1/s1. The predicted octanol–water partition coefficient (Wildman–Crippen LogP) is 2.91. The number of carbonyl (C=O) groups is 4. The first kappa shape index (κ1) is 34.0. The zero-order valence-electron chi connectivity index (χ0n) is 29.5. The molecule has 2 aromatic rings. The van der Waals surface area contributed by atoms with Gasteiger partial charge in [-0.25, -0.2) is 4.79 Å². The maximum Gasteiger partial charge on any atom is 0.339 e. The zero-order valence-corrected chi connectivity index (χ0v) is 29.5. The number of aliphatic hydroxyl groups is 2. The van der Waals surface area contributed by atoms with E-state index in [4.69, 9.17) is 23.7 Å². The summed E-state index contributed by atoms with van der Waals surface area (Å²) >= 11 is 0. The summed E-state index contributed by atoms with van der Waals surface area (Å²) in [7, 11) is 1.41. The number of fused-ring (bicyclic) bond motifs is 5. The molecule has 2 aromatic carbocycles. The van der Waals surface area contributed by atoms with E-state index >= 15 is 0 Å². The van der Waals surface area contributed by atoms with Crippen LogP contribution in [0, 0.1) is 46.3 Å². The molecule has 0 aromatic heterocycles. The van der Waals surface area contributed by atoms with Gasteiger partial charge in [0.2, 0.25) is 0 Å². The number of hydrogen-bond acceptors (Lipinski definition) is 12. The second-order valence-corrected chi connectivity index (χ2v) is 16.5. The number of phenolic OH excluding ortho intramolecular Hbond substituents is 1. The second kappa shape index (κ2) is 10.5. The molecule has 0 amide bonds. The van der Waals surface area contributed by atoms with Crippen molar-refractivity contribution in [3.05, 3.63) is 59.7 Å². The molecule has 9 rings (SSSR count). The van der Waals surface area contributed by atoms with E-state index in [1.165, 1.54) is 20.1 Å². The van der Waals surface area contributed by atoms with Crippen LogP contribution in [0.4, 0.5) is 0 Å². The van der Waals surface area contributed by atoms with E-state index in [1.54, 1.807) is 38.1 Å². The quantitative estimate of drug-likeness (QED) is 0.258. The Morgan fingerprint density at radius 3 is 2.27 bits per heavy atom. The van der Waals surface area contributed by atoms with Crippen LogP contribution in [-0.2, 0) is 51.0 Å². The first-order valence-electron chi connectivity index (χ1n) is 17.6. The van der Waals surface area contributed by atoms with Gasteiger partial charge in [-0.2, -0.15) is 0 Å². The van der Waals surface area contributed by atoms with Crippen molar-refractivity contribution in [1.82, 2.24) is 0 Å². The minimum Gasteiger partial charge on any atom is -0.504 e. The van der Waals surface area contributed by atoms with Crippen molar-refractivity contribution < 1.29 is 58.2 Å². The fourth-order valence-electron chi connectivity index (χ4n) is 12.2. The summed E-state index contributed by atoms with van der Waals surface area (Å²) in [4.78, 5) is 53.4. The van der Waals surface area contributed by atoms with Crippen molar-refractivity contribution >= 4 is 23.9 Å². The van der Waals surface area contributed by atoms with Gasteiger partial charge in [0.15, 0.2) is 22.7 Å². The van der Waals surface area contributed by atoms with Gasteiger partial charge in [0.25, 0.3) is 0 Å². The Labute approximate surface area is 295 Å². The maximum absolute atomic E-state index is 13.7. The minimum atomic E-state index is -2.10. The van der Waals surface area contributed by atoms with Gasteiger partial charge < -0.3 is 39.0 Å². The highest BCUT2D eigenvalue weighted by Crippen LogP contribution is 2.89. The summed E-state index contributed by atoms with van der Waals surface area (Å²) in [5.41, 5.74) is -6.89. The molecule has 4 bridgehead atoms. The van der Waals surface area contributed by atoms with Gasteiger partial charge in [0.05, 0.1) is 31.0 Å². The van der Waals surface area contributed by atoms with E-state index in [2.05, 4.69) is 0 Å². The number of esters is 4. The van der Waals surface area contributed by atoms with Crippen molar-refractivity contribution in [2.75, 3.05) is 13.7 Å². The molecule has 0 radical (unpaired) electrons. The van der Waals surface area contributed by atoms with E-state index in [-0.39, 0.29) is 37.4 Å². The molecule has 12 nitrogen and oxygen atoms in total. The van der Waals surface area contributed by atoms with E-state index in [0.717, 1.165) is 5.56 Å². The fourth-order valence-corrected chi connectivity index (χ4v) is 12.2. The topological polar surface area (TPSA) is 175 Å². The molecule has 5 aliphatic carbocycles. The number of hydrogen-bond donors (Lipinski definition) is 3. The van der Waals surface area contributed by atoms with Gasteiger partial charge in [-0.15, -0.1) is 0 Å². The Bertz CT molecular complexity index is 1860. The Morgan fingerprint density at radius 2 is 1.61 bits per heavy atom. The summed E-state index contributed by atoms with van der Waals surface area (Å²) in [5, 5.41) is 35.6. The maximum atomic E-state index is 13.7. The number of aromatic hydroxyl groups is 1. The molecule has 12 heteroatoms. The predicted molar refractivity (Wildman–Crippen MR) is 176 cm³/mol. The fraction of sp³-hybridized carbons (Fsp3) is 0.590. The molecule has 0 spiro atoms. The highest BCUT2D eigenvalue weighted by Gasteiger charge is 2.99. The number of benzene rings is 2. The minimum absolute atomic E-state index is 0.0401. The number of carbonyl (C=O) groups excluding carboxylic acids is 4. The molecule has 2 heterocycles. The summed E-state index contributed by atoms with van der Waals surface area (Å²) in [6, 6.07) is 13.6. The van der Waals surface area contributed by atoms with Gasteiger partial charge in [-0.1, -0.05) is 57.2 Å². The lowest BCUT2D eigenvalue weighted by molar-refractivity contribution is -0.378. The van der Waals surface area contributed by atoms with E-state index < -0.39 is 98.7 Å². The molecule has 2 saturated heterocycles. The number of phenols is 1. The molecule has 2 aliphatic heterocycles. The lowest BCUT2D eigenvalue weighted by Gasteiger charge is -2.75. The van der Waals surface area contributed by atoms with Crippen LogP contribution in [0.1, 0.15) is 52.2 Å². The third kappa shape index (κ3) is 3.98. The summed E-state index contributed by atoms with van der Waals surface area (Å²) in [6.07, 6.45) is -1.35. The molecular weight excluding hydrogens is 660 g/mol. The van der Waals surface area contributed by atoms with Gasteiger partial charge in [-0.3, -0.25) is 14.4 Å². The molecular formula is C39H44O12. The van der Waals surface area contributed by atoms with Crippen LogP contribution in [0.15, 0.2) is 48.5 Å². The van der Waals surface area contributed by atoms with Crippen LogP contribution >= 0.6 is 0 Å². The third-order valence-electron chi connectivity index (χ3n) is 14.2. The van der Waals surface area contributed by atoms with Crippen molar-refractivity contribution in [2.24, 2.45) is 46.3 Å². The lowest BCUT2D eigenvalue weighted by atomic mass is 9.34. The summed E-state index contributed by atoms with van der Waals surface area (Å²) < 4.78 is 29.6. The monoisotopic (exact) mass is 704 g/mol. The smallest absolute Gasteiger partial charge is 0.339 e. The molecule has 0 unspecified atom stereocenters. The van der Waals surface area contributed by atoms with Crippen molar-refractivity contribution in [2.45, 2.75) is 82.4 Å². The Morgan fingerprint density at radius 1 is 0.922 bits per heavy atom. The van der Waals surface area contributed by atoms with Gasteiger partial charge in [0.1, 0.15) is 18.3 Å². The Hall–Kier alpha value is -4.16. The van der Waals surface area contributed by atoms with E-state index in [1.807, 2.05) is 32.0 Å². The Kier molecular flexibility index (Phi) is 6.97. The molecule has 272 valence electrons. The SMILES string of the molecule is COc1cc(CC(=O)OC[C@@]23C[C@@]4(O)C(=O)O[C@@]2(C)[C@H]2[C@@H]3[C@H]3[C@@H]5C(C)(C)[C@]5(OC(C)=O)[C@H](OC(=O)Cc5ccccc5)[C@@H](C)[C@]3(O)[C@H]24)ccc1O. The van der Waals surface area contributed by atoms with E-state index in [9.17, 15) is 34.5 Å². The van der Waals surface area contributed by atoms with Crippen LogP contribution in [0.3, 0.4) is 0 Å². The van der Waals surface area contributed by atoms with Crippen LogP contribution < -0.4 is 4.74 Å². The third-order valence-corrected chi connectivity index (χ3v) is 14.2. The number of ether oxygens (including phenoxy) is 5. The van der Waals surface area contributed by atoms with Crippen molar-refractivity contribution in [3.8, 4) is 11.5 Å². The van der Waals surface area contributed by atoms with Crippen LogP contribution in [-0.4, -0.2) is 81.4 Å².